The Morgan fingerprint density at radius 3 is 2.85 bits per heavy atom. The summed E-state index contributed by atoms with van der Waals surface area (Å²) >= 11 is 0. The number of nitrogens with zero attached hydrogens (tertiary/aromatic N) is 3. The van der Waals surface area contributed by atoms with E-state index in [1.54, 1.807) is 0 Å². The number of amides is 2. The molecule has 1 aliphatic carbocycles. The smallest absolute Gasteiger partial charge is 0.320 e. The molecule has 0 aromatic carbocycles. The first-order chi connectivity index (χ1) is 12.7. The molecule has 1 aromatic heterocycles. The molecule has 1 atom stereocenters. The Morgan fingerprint density at radius 1 is 1.27 bits per heavy atom. The number of aryl methyl sites for hydroxylation is 1. The highest BCUT2D eigenvalue weighted by atomic mass is 16.3. The Hall–Kier alpha value is -1.60. The van der Waals surface area contributed by atoms with E-state index in [4.69, 9.17) is 0 Å². The van der Waals surface area contributed by atoms with Gasteiger partial charge in [0, 0.05) is 32.3 Å². The van der Waals surface area contributed by atoms with Crippen molar-refractivity contribution in [2.24, 2.45) is 5.92 Å². The molecule has 2 amide bonds. The number of piperidine rings is 1. The third-order valence-electron chi connectivity index (χ3n) is 5.59. The van der Waals surface area contributed by atoms with Crippen LogP contribution in [-0.2, 0) is 0 Å². The van der Waals surface area contributed by atoms with Gasteiger partial charge in [0.25, 0.3) is 0 Å². The number of carbonyl (C=O) groups is 1. The molecule has 1 aromatic rings. The quantitative estimate of drug-likeness (QED) is 0.725. The number of urea groups is 1. The SMILES string of the molecule is Cc1cc(NC(=O)NCCN2CCC[C@H](CO)C2)n(C2CCCCC2)n1. The largest absolute Gasteiger partial charge is 0.396 e. The summed E-state index contributed by atoms with van der Waals surface area (Å²) in [5.74, 6) is 1.18. The van der Waals surface area contributed by atoms with Gasteiger partial charge in [0.05, 0.1) is 11.7 Å². The van der Waals surface area contributed by atoms with Crippen LogP contribution in [0.2, 0.25) is 0 Å². The Balaban J connectivity index is 1.46. The number of aliphatic hydroxyl groups is 1. The third-order valence-corrected chi connectivity index (χ3v) is 5.59. The number of nitrogens with one attached hydrogen (secondary N) is 2. The highest BCUT2D eigenvalue weighted by Gasteiger charge is 2.21. The van der Waals surface area contributed by atoms with Crippen molar-refractivity contribution in [1.29, 1.82) is 0 Å². The van der Waals surface area contributed by atoms with Crippen molar-refractivity contribution in [1.82, 2.24) is 20.0 Å². The summed E-state index contributed by atoms with van der Waals surface area (Å²) < 4.78 is 2.00. The van der Waals surface area contributed by atoms with Gasteiger partial charge in [-0.3, -0.25) is 5.32 Å². The zero-order valence-corrected chi connectivity index (χ0v) is 15.9. The average molecular weight is 364 g/mol. The molecule has 3 N–H and O–H groups in total. The number of aromatic nitrogens is 2. The van der Waals surface area contributed by atoms with Gasteiger partial charge >= 0.3 is 6.03 Å². The van der Waals surface area contributed by atoms with Crippen molar-refractivity contribution in [2.75, 3.05) is 38.1 Å². The zero-order valence-electron chi connectivity index (χ0n) is 15.9. The summed E-state index contributed by atoms with van der Waals surface area (Å²) in [5.41, 5.74) is 0.939. The molecule has 146 valence electrons. The second kappa shape index (κ2) is 9.37. The van der Waals surface area contributed by atoms with Crippen molar-refractivity contribution < 1.29 is 9.90 Å². The van der Waals surface area contributed by atoms with Gasteiger partial charge in [0.2, 0.25) is 0 Å². The Kier molecular flexibility index (Phi) is 6.91. The number of anilines is 1. The molecule has 1 saturated carbocycles. The fourth-order valence-corrected chi connectivity index (χ4v) is 4.21. The lowest BCUT2D eigenvalue weighted by molar-refractivity contribution is 0.121. The number of aliphatic hydroxyl groups excluding tert-OH is 1. The Bertz CT molecular complexity index is 582. The van der Waals surface area contributed by atoms with Gasteiger partial charge in [-0.25, -0.2) is 9.48 Å². The van der Waals surface area contributed by atoms with Crippen LogP contribution in [0.4, 0.5) is 10.6 Å². The zero-order chi connectivity index (χ0) is 18.4. The minimum Gasteiger partial charge on any atom is -0.396 e. The van der Waals surface area contributed by atoms with E-state index in [2.05, 4.69) is 20.6 Å². The molecule has 1 saturated heterocycles. The van der Waals surface area contributed by atoms with Crippen molar-refractivity contribution in [2.45, 2.75) is 57.9 Å². The molecular formula is C19H33N5O2. The van der Waals surface area contributed by atoms with Crippen LogP contribution in [0.3, 0.4) is 0 Å². The van der Waals surface area contributed by atoms with Crippen molar-refractivity contribution >= 4 is 11.8 Å². The molecule has 26 heavy (non-hydrogen) atoms. The van der Waals surface area contributed by atoms with Crippen LogP contribution in [0, 0.1) is 12.8 Å². The van der Waals surface area contributed by atoms with Crippen LogP contribution in [-0.4, -0.2) is 58.6 Å². The molecule has 7 nitrogen and oxygen atoms in total. The number of likely N-dealkylation sites (tertiary alicyclic amines) is 1. The summed E-state index contributed by atoms with van der Waals surface area (Å²) in [6, 6.07) is 2.18. The first-order valence-corrected chi connectivity index (χ1v) is 10.1. The molecule has 1 aliphatic heterocycles. The maximum Gasteiger partial charge on any atom is 0.320 e. The van der Waals surface area contributed by atoms with Gasteiger partial charge in [-0.1, -0.05) is 19.3 Å². The second-order valence-electron chi connectivity index (χ2n) is 7.78. The van der Waals surface area contributed by atoms with Crippen molar-refractivity contribution in [3.63, 3.8) is 0 Å². The lowest BCUT2D eigenvalue weighted by atomic mass is 9.96. The van der Waals surface area contributed by atoms with Crippen LogP contribution < -0.4 is 10.6 Å². The lowest BCUT2D eigenvalue weighted by Gasteiger charge is -2.31. The summed E-state index contributed by atoms with van der Waals surface area (Å²) in [6.45, 7) is 5.64. The van der Waals surface area contributed by atoms with E-state index >= 15 is 0 Å². The molecule has 0 radical (unpaired) electrons. The molecule has 7 heteroatoms. The van der Waals surface area contributed by atoms with Crippen LogP contribution in [0.5, 0.6) is 0 Å². The summed E-state index contributed by atoms with van der Waals surface area (Å²) in [7, 11) is 0. The Morgan fingerprint density at radius 2 is 2.08 bits per heavy atom. The van der Waals surface area contributed by atoms with Crippen LogP contribution >= 0.6 is 0 Å². The number of hydrogen-bond donors (Lipinski definition) is 3. The molecule has 2 heterocycles. The molecule has 2 fully saturated rings. The van der Waals surface area contributed by atoms with Gasteiger partial charge < -0.3 is 15.3 Å². The summed E-state index contributed by atoms with van der Waals surface area (Å²) in [6.07, 6.45) is 8.27. The maximum atomic E-state index is 12.3. The van der Waals surface area contributed by atoms with E-state index in [1.165, 1.54) is 19.3 Å². The minimum absolute atomic E-state index is 0.169. The molecule has 2 aliphatic rings. The molecule has 0 spiro atoms. The van der Waals surface area contributed by atoms with Crippen molar-refractivity contribution in [3.05, 3.63) is 11.8 Å². The van der Waals surface area contributed by atoms with Gasteiger partial charge in [-0.15, -0.1) is 0 Å². The normalized spacial score (nSPS) is 22.3. The van der Waals surface area contributed by atoms with Gasteiger partial charge in [0.1, 0.15) is 5.82 Å². The van der Waals surface area contributed by atoms with E-state index in [0.29, 0.717) is 18.5 Å². The van der Waals surface area contributed by atoms with Gasteiger partial charge in [0.15, 0.2) is 0 Å². The maximum absolute atomic E-state index is 12.3. The van der Waals surface area contributed by atoms with E-state index in [9.17, 15) is 9.90 Å². The van der Waals surface area contributed by atoms with Crippen LogP contribution in [0.25, 0.3) is 0 Å². The highest BCUT2D eigenvalue weighted by Crippen LogP contribution is 2.30. The number of carbonyl (C=O) groups excluding carboxylic acids is 1. The minimum atomic E-state index is -0.169. The highest BCUT2D eigenvalue weighted by molar-refractivity contribution is 5.88. The van der Waals surface area contributed by atoms with Crippen LogP contribution in [0.1, 0.15) is 56.7 Å². The predicted molar refractivity (Wildman–Crippen MR) is 102 cm³/mol. The van der Waals surface area contributed by atoms with Gasteiger partial charge in [-0.05, 0) is 45.1 Å². The van der Waals surface area contributed by atoms with Crippen molar-refractivity contribution in [3.8, 4) is 0 Å². The molecular weight excluding hydrogens is 330 g/mol. The second-order valence-corrected chi connectivity index (χ2v) is 7.78. The first-order valence-electron chi connectivity index (χ1n) is 10.1. The standard InChI is InChI=1S/C19H33N5O2/c1-15-12-18(24(22-15)17-7-3-2-4-8-17)21-19(26)20-9-11-23-10-5-6-16(13-23)14-25/h12,16-17,25H,2-11,13-14H2,1H3,(H2,20,21,26)/t16-/m0/s1. The molecule has 3 rings (SSSR count). The number of hydrogen-bond acceptors (Lipinski definition) is 4. The van der Waals surface area contributed by atoms with E-state index < -0.39 is 0 Å². The lowest BCUT2D eigenvalue weighted by Crippen LogP contribution is -2.42. The van der Waals surface area contributed by atoms with Gasteiger partial charge in [-0.2, -0.15) is 5.10 Å². The average Bonchev–Trinajstić information content (AvgIpc) is 3.02. The number of rotatable bonds is 6. The molecule has 0 unspecified atom stereocenters. The third kappa shape index (κ3) is 5.20. The molecule has 0 bridgehead atoms. The van der Waals surface area contributed by atoms with E-state index in [1.807, 2.05) is 17.7 Å². The monoisotopic (exact) mass is 363 g/mol. The van der Waals surface area contributed by atoms with E-state index in [0.717, 1.165) is 56.8 Å². The Labute approximate surface area is 156 Å². The fourth-order valence-electron chi connectivity index (χ4n) is 4.21. The van der Waals surface area contributed by atoms with E-state index in [-0.39, 0.29) is 12.6 Å². The van der Waals surface area contributed by atoms with Crippen LogP contribution in [0.15, 0.2) is 6.07 Å². The predicted octanol–water partition coefficient (Wildman–Crippen LogP) is 2.52. The fraction of sp³-hybridized carbons (Fsp3) is 0.789. The first kappa shape index (κ1) is 19.2. The summed E-state index contributed by atoms with van der Waals surface area (Å²) in [4.78, 5) is 14.6. The topological polar surface area (TPSA) is 82.4 Å². The summed E-state index contributed by atoms with van der Waals surface area (Å²) in [5, 5.41) is 19.8.